The molecule has 1 aliphatic carbocycles. The van der Waals surface area contributed by atoms with Crippen molar-refractivity contribution < 1.29 is 5.11 Å². The van der Waals surface area contributed by atoms with Crippen molar-refractivity contribution in [3.8, 4) is 12.3 Å². The maximum Gasteiger partial charge on any atom is 0.0721 e. The van der Waals surface area contributed by atoms with E-state index < -0.39 is 0 Å². The van der Waals surface area contributed by atoms with E-state index in [4.69, 9.17) is 6.42 Å². The van der Waals surface area contributed by atoms with Gasteiger partial charge < -0.3 is 5.11 Å². The Morgan fingerprint density at radius 2 is 2.15 bits per heavy atom. The normalized spacial score (nSPS) is 26.2. The van der Waals surface area contributed by atoms with Gasteiger partial charge in [-0.25, -0.2) is 0 Å². The van der Waals surface area contributed by atoms with Crippen LogP contribution in [0.15, 0.2) is 24.3 Å². The Bertz CT molecular complexity index is 348. The first kappa shape index (κ1) is 8.34. The Hall–Kier alpha value is -1.26. The molecule has 1 aliphatic rings. The van der Waals surface area contributed by atoms with Crippen LogP contribution in [0, 0.1) is 12.3 Å². The van der Waals surface area contributed by atoms with E-state index in [-0.39, 0.29) is 12.0 Å². The summed E-state index contributed by atoms with van der Waals surface area (Å²) in [5, 5.41) is 9.67. The Morgan fingerprint density at radius 3 is 2.92 bits per heavy atom. The summed E-state index contributed by atoms with van der Waals surface area (Å²) < 4.78 is 0. The summed E-state index contributed by atoms with van der Waals surface area (Å²) >= 11 is 0. The zero-order chi connectivity index (χ0) is 9.26. The van der Waals surface area contributed by atoms with Crippen molar-refractivity contribution in [2.75, 3.05) is 0 Å². The van der Waals surface area contributed by atoms with Gasteiger partial charge in [0.1, 0.15) is 0 Å². The van der Waals surface area contributed by atoms with Gasteiger partial charge in [0.25, 0.3) is 0 Å². The maximum atomic E-state index is 9.67. The first-order valence-corrected chi connectivity index (χ1v) is 4.55. The van der Waals surface area contributed by atoms with Crippen LogP contribution in [-0.2, 0) is 6.42 Å². The second kappa shape index (κ2) is 3.24. The Morgan fingerprint density at radius 1 is 1.38 bits per heavy atom. The molecule has 0 aliphatic heterocycles. The van der Waals surface area contributed by atoms with E-state index in [2.05, 4.69) is 12.0 Å². The second-order valence-corrected chi connectivity index (χ2v) is 3.45. The molecule has 0 radical (unpaired) electrons. The Kier molecular flexibility index (Phi) is 2.08. The smallest absolute Gasteiger partial charge is 0.0721 e. The summed E-state index contributed by atoms with van der Waals surface area (Å²) in [6, 6.07) is 8.10. The molecule has 1 nitrogen and oxygen atoms in total. The number of terminal acetylenes is 1. The van der Waals surface area contributed by atoms with Gasteiger partial charge in [-0.15, -0.1) is 6.42 Å². The van der Waals surface area contributed by atoms with Crippen LogP contribution in [0.2, 0.25) is 0 Å². The number of fused-ring (bicyclic) bond motifs is 1. The standard InChI is InChI=1S/C12H12O/c1-2-10-11-6-4-3-5-9(11)7-8-12(10)13/h1,3-6,10,12-13H,7-8H2. The molecule has 2 unspecified atom stereocenters. The molecule has 0 fully saturated rings. The van der Waals surface area contributed by atoms with Gasteiger partial charge in [-0.2, -0.15) is 0 Å². The summed E-state index contributed by atoms with van der Waals surface area (Å²) in [6.07, 6.45) is 6.76. The van der Waals surface area contributed by atoms with E-state index in [1.807, 2.05) is 18.2 Å². The molecular formula is C12H12O. The highest BCUT2D eigenvalue weighted by molar-refractivity contribution is 5.38. The largest absolute Gasteiger partial charge is 0.391 e. The molecule has 1 aromatic carbocycles. The van der Waals surface area contributed by atoms with Gasteiger partial charge in [0.05, 0.1) is 12.0 Å². The zero-order valence-corrected chi connectivity index (χ0v) is 7.40. The highest BCUT2D eigenvalue weighted by Gasteiger charge is 2.25. The fraction of sp³-hybridized carbons (Fsp3) is 0.333. The van der Waals surface area contributed by atoms with Crippen molar-refractivity contribution in [1.29, 1.82) is 0 Å². The topological polar surface area (TPSA) is 20.2 Å². The van der Waals surface area contributed by atoms with Crippen LogP contribution < -0.4 is 0 Å². The van der Waals surface area contributed by atoms with Crippen LogP contribution in [0.3, 0.4) is 0 Å². The molecule has 0 amide bonds. The monoisotopic (exact) mass is 172 g/mol. The molecule has 0 saturated heterocycles. The van der Waals surface area contributed by atoms with E-state index in [1.54, 1.807) is 0 Å². The van der Waals surface area contributed by atoms with E-state index in [1.165, 1.54) is 5.56 Å². The lowest BCUT2D eigenvalue weighted by Crippen LogP contribution is -2.23. The van der Waals surface area contributed by atoms with Gasteiger partial charge >= 0.3 is 0 Å². The molecular weight excluding hydrogens is 160 g/mol. The number of benzene rings is 1. The Balaban J connectivity index is 2.46. The third kappa shape index (κ3) is 1.34. The third-order valence-corrected chi connectivity index (χ3v) is 2.66. The maximum absolute atomic E-state index is 9.67. The lowest BCUT2D eigenvalue weighted by Gasteiger charge is -2.26. The summed E-state index contributed by atoms with van der Waals surface area (Å²) in [7, 11) is 0. The molecule has 0 bridgehead atoms. The second-order valence-electron chi connectivity index (χ2n) is 3.45. The quantitative estimate of drug-likeness (QED) is 0.591. The molecule has 2 rings (SSSR count). The Labute approximate surface area is 78.4 Å². The predicted molar refractivity (Wildman–Crippen MR) is 52.3 cm³/mol. The minimum atomic E-state index is -0.361. The molecule has 1 heteroatoms. The van der Waals surface area contributed by atoms with Gasteiger partial charge in [0.2, 0.25) is 0 Å². The van der Waals surface area contributed by atoms with E-state index in [9.17, 15) is 5.11 Å². The molecule has 0 spiro atoms. The van der Waals surface area contributed by atoms with Crippen LogP contribution in [0.4, 0.5) is 0 Å². The fourth-order valence-corrected chi connectivity index (χ4v) is 1.94. The number of hydrogen-bond donors (Lipinski definition) is 1. The van der Waals surface area contributed by atoms with E-state index in [0.29, 0.717) is 0 Å². The van der Waals surface area contributed by atoms with Gasteiger partial charge in [-0.05, 0) is 24.0 Å². The summed E-state index contributed by atoms with van der Waals surface area (Å²) in [4.78, 5) is 0. The first-order valence-electron chi connectivity index (χ1n) is 4.55. The van der Waals surface area contributed by atoms with Crippen LogP contribution in [-0.4, -0.2) is 11.2 Å². The summed E-state index contributed by atoms with van der Waals surface area (Å²) in [6.45, 7) is 0. The highest BCUT2D eigenvalue weighted by atomic mass is 16.3. The van der Waals surface area contributed by atoms with E-state index in [0.717, 1.165) is 18.4 Å². The van der Waals surface area contributed by atoms with Gasteiger partial charge in [0.15, 0.2) is 0 Å². The molecule has 1 N–H and O–H groups in total. The average Bonchev–Trinajstić information content (AvgIpc) is 2.18. The number of aryl methyl sites for hydroxylation is 1. The number of aliphatic hydroxyl groups excluding tert-OH is 1. The van der Waals surface area contributed by atoms with Crippen molar-refractivity contribution in [1.82, 2.24) is 0 Å². The van der Waals surface area contributed by atoms with Crippen molar-refractivity contribution >= 4 is 0 Å². The van der Waals surface area contributed by atoms with Crippen LogP contribution in [0.5, 0.6) is 0 Å². The third-order valence-electron chi connectivity index (χ3n) is 2.66. The lowest BCUT2D eigenvalue weighted by atomic mass is 9.81. The zero-order valence-electron chi connectivity index (χ0n) is 7.40. The lowest BCUT2D eigenvalue weighted by molar-refractivity contribution is 0.145. The van der Waals surface area contributed by atoms with Gasteiger partial charge in [0, 0.05) is 0 Å². The predicted octanol–water partition coefficient (Wildman–Crippen LogP) is 1.71. The van der Waals surface area contributed by atoms with Crippen LogP contribution in [0.25, 0.3) is 0 Å². The van der Waals surface area contributed by atoms with Gasteiger partial charge in [-0.1, -0.05) is 30.2 Å². The number of hydrogen-bond acceptors (Lipinski definition) is 1. The van der Waals surface area contributed by atoms with Gasteiger partial charge in [-0.3, -0.25) is 0 Å². The molecule has 0 aromatic heterocycles. The highest BCUT2D eigenvalue weighted by Crippen LogP contribution is 2.30. The van der Waals surface area contributed by atoms with Crippen molar-refractivity contribution in [3.05, 3.63) is 35.4 Å². The number of aliphatic hydroxyl groups is 1. The fourth-order valence-electron chi connectivity index (χ4n) is 1.94. The van der Waals surface area contributed by atoms with Crippen molar-refractivity contribution in [2.45, 2.75) is 24.9 Å². The molecule has 0 saturated carbocycles. The summed E-state index contributed by atoms with van der Waals surface area (Å²) in [5.41, 5.74) is 2.42. The first-order chi connectivity index (χ1) is 6.33. The minimum absolute atomic E-state index is 0.107. The number of rotatable bonds is 0. The van der Waals surface area contributed by atoms with E-state index >= 15 is 0 Å². The summed E-state index contributed by atoms with van der Waals surface area (Å²) in [5.74, 6) is 2.55. The SMILES string of the molecule is C#CC1c2ccccc2CCC1O. The molecule has 0 heterocycles. The van der Waals surface area contributed by atoms with Crippen molar-refractivity contribution in [3.63, 3.8) is 0 Å². The van der Waals surface area contributed by atoms with Crippen LogP contribution >= 0.6 is 0 Å². The molecule has 2 atom stereocenters. The van der Waals surface area contributed by atoms with Crippen LogP contribution in [0.1, 0.15) is 23.5 Å². The molecule has 13 heavy (non-hydrogen) atoms. The molecule has 1 aromatic rings. The van der Waals surface area contributed by atoms with Crippen molar-refractivity contribution in [2.24, 2.45) is 0 Å². The molecule has 66 valence electrons. The minimum Gasteiger partial charge on any atom is -0.391 e. The average molecular weight is 172 g/mol.